The molecule has 1 heterocycles. The summed E-state index contributed by atoms with van der Waals surface area (Å²) in [5.41, 5.74) is 8.93. The third-order valence-electron chi connectivity index (χ3n) is 4.74. The molecule has 1 aromatic rings. The first-order valence-electron chi connectivity index (χ1n) is 7.98. The van der Waals surface area contributed by atoms with Crippen molar-refractivity contribution in [2.45, 2.75) is 53.0 Å². The van der Waals surface area contributed by atoms with Crippen LogP contribution in [0, 0.1) is 11.3 Å². The van der Waals surface area contributed by atoms with Gasteiger partial charge in [-0.15, -0.1) is 0 Å². The Morgan fingerprint density at radius 3 is 2.30 bits per heavy atom. The van der Waals surface area contributed by atoms with Crippen LogP contribution in [0.5, 0.6) is 0 Å². The fourth-order valence-corrected chi connectivity index (χ4v) is 3.21. The molecule has 1 aromatic carbocycles. The van der Waals surface area contributed by atoms with E-state index in [-0.39, 0.29) is 6.04 Å². The highest BCUT2D eigenvalue weighted by Crippen LogP contribution is 2.35. The maximum Gasteiger partial charge on any atom is 0.0366 e. The smallest absolute Gasteiger partial charge is 0.0366 e. The first-order chi connectivity index (χ1) is 9.38. The van der Waals surface area contributed by atoms with Gasteiger partial charge in [0.15, 0.2) is 0 Å². The van der Waals surface area contributed by atoms with Gasteiger partial charge in [0.1, 0.15) is 0 Å². The molecular weight excluding hydrogens is 244 g/mol. The van der Waals surface area contributed by atoms with Gasteiger partial charge in [0.25, 0.3) is 0 Å². The van der Waals surface area contributed by atoms with Gasteiger partial charge in [-0.3, -0.25) is 0 Å². The van der Waals surface area contributed by atoms with Gasteiger partial charge >= 0.3 is 0 Å². The fourth-order valence-electron chi connectivity index (χ4n) is 3.21. The van der Waals surface area contributed by atoms with Crippen LogP contribution in [0.4, 0.5) is 5.69 Å². The molecule has 2 atom stereocenters. The van der Waals surface area contributed by atoms with Crippen molar-refractivity contribution in [3.63, 3.8) is 0 Å². The maximum absolute atomic E-state index is 5.92. The zero-order chi connectivity index (χ0) is 14.8. The van der Waals surface area contributed by atoms with Crippen LogP contribution in [0.3, 0.4) is 0 Å². The Bertz CT molecular complexity index is 414. The minimum atomic E-state index is 0.124. The fraction of sp³-hybridized carbons (Fsp3) is 0.667. The molecule has 2 N–H and O–H groups in total. The van der Waals surface area contributed by atoms with E-state index >= 15 is 0 Å². The molecule has 1 unspecified atom stereocenters. The van der Waals surface area contributed by atoms with Crippen molar-refractivity contribution >= 4 is 5.69 Å². The highest BCUT2D eigenvalue weighted by Gasteiger charge is 2.27. The number of anilines is 1. The average molecular weight is 274 g/mol. The molecule has 2 heteroatoms. The van der Waals surface area contributed by atoms with Crippen molar-refractivity contribution in [3.8, 4) is 0 Å². The van der Waals surface area contributed by atoms with Crippen LogP contribution in [0.15, 0.2) is 24.3 Å². The van der Waals surface area contributed by atoms with E-state index in [4.69, 9.17) is 5.73 Å². The van der Waals surface area contributed by atoms with E-state index in [1.807, 2.05) is 6.92 Å². The predicted molar refractivity (Wildman–Crippen MR) is 88.1 cm³/mol. The normalized spacial score (nSPS) is 22.4. The lowest BCUT2D eigenvalue weighted by molar-refractivity contribution is 0.220. The first kappa shape index (κ1) is 15.4. The Kier molecular flexibility index (Phi) is 4.74. The SMILES string of the molecule is C[C@@H](N)c1ccc(N2CCCC(C(C)(C)C)CC2)cc1. The summed E-state index contributed by atoms with van der Waals surface area (Å²) < 4.78 is 0. The highest BCUT2D eigenvalue weighted by atomic mass is 15.1. The molecule has 0 radical (unpaired) electrons. The van der Waals surface area contributed by atoms with Gasteiger partial charge in [-0.1, -0.05) is 32.9 Å². The largest absolute Gasteiger partial charge is 0.372 e. The summed E-state index contributed by atoms with van der Waals surface area (Å²) in [5, 5.41) is 0. The molecule has 2 rings (SSSR count). The summed E-state index contributed by atoms with van der Waals surface area (Å²) in [6.45, 7) is 11.5. The molecule has 1 aliphatic rings. The van der Waals surface area contributed by atoms with Gasteiger partial charge in [-0.25, -0.2) is 0 Å². The summed E-state index contributed by atoms with van der Waals surface area (Å²) in [7, 11) is 0. The van der Waals surface area contributed by atoms with Gasteiger partial charge in [0.2, 0.25) is 0 Å². The van der Waals surface area contributed by atoms with E-state index in [1.165, 1.54) is 43.6 Å². The zero-order valence-electron chi connectivity index (χ0n) is 13.5. The van der Waals surface area contributed by atoms with Crippen molar-refractivity contribution in [2.24, 2.45) is 17.1 Å². The van der Waals surface area contributed by atoms with Crippen molar-refractivity contribution in [3.05, 3.63) is 29.8 Å². The van der Waals surface area contributed by atoms with Crippen LogP contribution >= 0.6 is 0 Å². The molecule has 0 bridgehead atoms. The van der Waals surface area contributed by atoms with E-state index in [2.05, 4.69) is 49.9 Å². The number of nitrogens with two attached hydrogens (primary N) is 1. The second-order valence-corrected chi connectivity index (χ2v) is 7.36. The first-order valence-corrected chi connectivity index (χ1v) is 7.98. The van der Waals surface area contributed by atoms with Gasteiger partial charge in [0, 0.05) is 24.8 Å². The summed E-state index contributed by atoms with van der Waals surface area (Å²) in [5.74, 6) is 0.843. The van der Waals surface area contributed by atoms with E-state index in [0.717, 1.165) is 5.92 Å². The van der Waals surface area contributed by atoms with Crippen LogP contribution in [0.2, 0.25) is 0 Å². The molecule has 20 heavy (non-hydrogen) atoms. The number of benzene rings is 1. The van der Waals surface area contributed by atoms with Crippen molar-refractivity contribution in [1.29, 1.82) is 0 Å². The maximum atomic E-state index is 5.92. The summed E-state index contributed by atoms with van der Waals surface area (Å²) in [6, 6.07) is 8.93. The standard InChI is InChI=1S/C18H30N2/c1-14(19)15-7-9-17(10-8-15)20-12-5-6-16(11-13-20)18(2,3)4/h7-10,14,16H,5-6,11-13,19H2,1-4H3/t14-,16?/m1/s1. The van der Waals surface area contributed by atoms with Crippen molar-refractivity contribution < 1.29 is 0 Å². The lowest BCUT2D eigenvalue weighted by Crippen LogP contribution is -2.26. The van der Waals surface area contributed by atoms with E-state index < -0.39 is 0 Å². The molecule has 1 fully saturated rings. The molecule has 0 amide bonds. The second kappa shape index (κ2) is 6.17. The Labute approximate surface area is 124 Å². The van der Waals surface area contributed by atoms with E-state index in [1.54, 1.807) is 0 Å². The zero-order valence-corrected chi connectivity index (χ0v) is 13.5. The second-order valence-electron chi connectivity index (χ2n) is 7.36. The van der Waals surface area contributed by atoms with Gasteiger partial charge in [0.05, 0.1) is 0 Å². The molecule has 2 nitrogen and oxygen atoms in total. The molecule has 0 aliphatic carbocycles. The van der Waals surface area contributed by atoms with Gasteiger partial charge < -0.3 is 10.6 Å². The van der Waals surface area contributed by atoms with Crippen LogP contribution in [-0.2, 0) is 0 Å². The van der Waals surface area contributed by atoms with Crippen LogP contribution in [0.25, 0.3) is 0 Å². The molecule has 0 spiro atoms. The number of hydrogen-bond acceptors (Lipinski definition) is 2. The van der Waals surface area contributed by atoms with Gasteiger partial charge in [-0.2, -0.15) is 0 Å². The van der Waals surface area contributed by atoms with Gasteiger partial charge in [-0.05, 0) is 55.2 Å². The van der Waals surface area contributed by atoms with Crippen molar-refractivity contribution in [1.82, 2.24) is 0 Å². The average Bonchev–Trinajstić information content (AvgIpc) is 2.64. The van der Waals surface area contributed by atoms with Crippen molar-refractivity contribution in [2.75, 3.05) is 18.0 Å². The molecule has 1 saturated heterocycles. The quantitative estimate of drug-likeness (QED) is 0.868. The van der Waals surface area contributed by atoms with Crippen LogP contribution in [-0.4, -0.2) is 13.1 Å². The topological polar surface area (TPSA) is 29.3 Å². The molecule has 0 aromatic heterocycles. The number of nitrogens with zero attached hydrogens (tertiary/aromatic N) is 1. The summed E-state index contributed by atoms with van der Waals surface area (Å²) in [4.78, 5) is 2.54. The lowest BCUT2D eigenvalue weighted by Gasteiger charge is -2.30. The third-order valence-corrected chi connectivity index (χ3v) is 4.74. The summed E-state index contributed by atoms with van der Waals surface area (Å²) >= 11 is 0. The molecule has 0 saturated carbocycles. The number of hydrogen-bond donors (Lipinski definition) is 1. The van der Waals surface area contributed by atoms with E-state index in [9.17, 15) is 0 Å². The summed E-state index contributed by atoms with van der Waals surface area (Å²) in [6.07, 6.45) is 3.97. The minimum Gasteiger partial charge on any atom is -0.372 e. The minimum absolute atomic E-state index is 0.124. The highest BCUT2D eigenvalue weighted by molar-refractivity contribution is 5.48. The Hall–Kier alpha value is -1.02. The number of rotatable bonds is 2. The monoisotopic (exact) mass is 274 g/mol. The van der Waals surface area contributed by atoms with E-state index in [0.29, 0.717) is 5.41 Å². The lowest BCUT2D eigenvalue weighted by atomic mass is 9.77. The predicted octanol–water partition coefficient (Wildman–Crippen LogP) is 4.36. The van der Waals surface area contributed by atoms with Crippen LogP contribution in [0.1, 0.15) is 58.6 Å². The molecular formula is C18H30N2. The Morgan fingerprint density at radius 2 is 1.75 bits per heavy atom. The molecule has 1 aliphatic heterocycles. The van der Waals surface area contributed by atoms with Crippen LogP contribution < -0.4 is 10.6 Å². The Morgan fingerprint density at radius 1 is 1.10 bits per heavy atom. The third kappa shape index (κ3) is 3.76. The molecule has 112 valence electrons. The Balaban J connectivity index is 2.03.